The van der Waals surface area contributed by atoms with Crippen LogP contribution in [-0.2, 0) is 4.74 Å². The number of methoxy groups -OCH3 is 1. The van der Waals surface area contributed by atoms with E-state index in [1.807, 2.05) is 31.2 Å². The number of ketones is 1. The minimum absolute atomic E-state index is 0.0285. The number of aromatic hydroxyl groups is 1. The second kappa shape index (κ2) is 12.6. The van der Waals surface area contributed by atoms with Crippen molar-refractivity contribution < 1.29 is 33.6 Å². The molecule has 0 radical (unpaired) electrons. The number of nitrogens with one attached hydrogen (secondary N) is 3. The Hall–Kier alpha value is -5.49. The summed E-state index contributed by atoms with van der Waals surface area (Å²) in [6, 6.07) is 19.2. The third-order valence-electron chi connectivity index (χ3n) is 6.18. The molecule has 4 N–H and O–H groups in total. The summed E-state index contributed by atoms with van der Waals surface area (Å²) in [5.41, 5.74) is 7.18. The van der Waals surface area contributed by atoms with Gasteiger partial charge < -0.3 is 19.6 Å². The van der Waals surface area contributed by atoms with Gasteiger partial charge in [0.05, 0.1) is 11.2 Å². The number of phenols is 1. The topological polar surface area (TPSA) is 173 Å². The number of ether oxygens (including phenoxy) is 1. The van der Waals surface area contributed by atoms with Gasteiger partial charge >= 0.3 is 11.6 Å². The van der Waals surface area contributed by atoms with Crippen molar-refractivity contribution in [2.75, 3.05) is 19.0 Å². The molecule has 41 heavy (non-hydrogen) atoms. The van der Waals surface area contributed by atoms with E-state index in [0.717, 1.165) is 23.4 Å². The van der Waals surface area contributed by atoms with Crippen molar-refractivity contribution in [2.24, 2.45) is 0 Å². The lowest BCUT2D eigenvalue weighted by Gasteiger charge is -2.16. The quantitative estimate of drug-likeness (QED) is 0.123. The summed E-state index contributed by atoms with van der Waals surface area (Å²) < 4.78 is 10.2. The van der Waals surface area contributed by atoms with Crippen molar-refractivity contribution in [3.8, 4) is 16.9 Å². The summed E-state index contributed by atoms with van der Waals surface area (Å²) in [4.78, 5) is 47.2. The number of nitro groups is 1. The van der Waals surface area contributed by atoms with Gasteiger partial charge in [0.15, 0.2) is 11.5 Å². The zero-order valence-corrected chi connectivity index (χ0v) is 22.0. The fourth-order valence-electron chi connectivity index (χ4n) is 4.02. The molecule has 0 fully saturated rings. The summed E-state index contributed by atoms with van der Waals surface area (Å²) in [5, 5.41) is 23.9. The van der Waals surface area contributed by atoms with Crippen LogP contribution in [0.2, 0.25) is 0 Å². The van der Waals surface area contributed by atoms with E-state index in [9.17, 15) is 29.6 Å². The molecule has 210 valence electrons. The standard InChI is InChI=1S/C29H26N4O8/c1-17(18-3-5-20(6-4-18)26(35)16-40-2)30-22-10-7-19(8-11-22)23-13-14-41-27(23)29(37)32-31-28(36)21-9-12-25(34)24(15-21)33(38)39/h3-15,17,30,34H,16H2,1-2H3,(H,31,36)(H,32,37). The van der Waals surface area contributed by atoms with Crippen molar-refractivity contribution in [2.45, 2.75) is 13.0 Å². The Morgan fingerprint density at radius 3 is 2.27 bits per heavy atom. The van der Waals surface area contributed by atoms with Crippen molar-refractivity contribution in [3.63, 3.8) is 0 Å². The lowest BCUT2D eigenvalue weighted by Crippen LogP contribution is -2.41. The average Bonchev–Trinajstić information content (AvgIpc) is 3.46. The van der Waals surface area contributed by atoms with E-state index in [0.29, 0.717) is 16.7 Å². The number of furan rings is 1. The molecule has 0 saturated heterocycles. The number of hydrogen-bond acceptors (Lipinski definition) is 9. The van der Waals surface area contributed by atoms with Crippen LogP contribution >= 0.6 is 0 Å². The highest BCUT2D eigenvalue weighted by Gasteiger charge is 2.20. The second-order valence-electron chi connectivity index (χ2n) is 8.95. The zero-order chi connectivity index (χ0) is 29.5. The molecule has 0 spiro atoms. The van der Waals surface area contributed by atoms with Crippen molar-refractivity contribution in [3.05, 3.63) is 112 Å². The molecule has 1 atom stereocenters. The van der Waals surface area contributed by atoms with Gasteiger partial charge in [-0.2, -0.15) is 0 Å². The number of rotatable bonds is 10. The van der Waals surface area contributed by atoms with Crippen LogP contribution in [0.5, 0.6) is 5.75 Å². The molecule has 0 bridgehead atoms. The smallest absolute Gasteiger partial charge is 0.311 e. The zero-order valence-electron chi connectivity index (χ0n) is 22.0. The number of phenolic OH excluding ortho intramolecular Hbond substituents is 1. The van der Waals surface area contributed by atoms with Crippen LogP contribution in [0.4, 0.5) is 11.4 Å². The highest BCUT2D eigenvalue weighted by Crippen LogP contribution is 2.28. The molecule has 0 aliphatic carbocycles. The monoisotopic (exact) mass is 558 g/mol. The average molecular weight is 559 g/mol. The fraction of sp³-hybridized carbons (Fsp3) is 0.138. The maximum atomic E-state index is 12.7. The Bertz CT molecular complexity index is 1580. The number of carbonyl (C=O) groups excluding carboxylic acids is 3. The molecule has 12 heteroatoms. The third-order valence-corrected chi connectivity index (χ3v) is 6.18. The Kier molecular flexibility index (Phi) is 8.75. The van der Waals surface area contributed by atoms with E-state index in [1.54, 1.807) is 30.3 Å². The number of nitro benzene ring substituents is 1. The summed E-state index contributed by atoms with van der Waals surface area (Å²) in [6.07, 6.45) is 1.34. The van der Waals surface area contributed by atoms with E-state index in [1.165, 1.54) is 19.4 Å². The van der Waals surface area contributed by atoms with E-state index >= 15 is 0 Å². The van der Waals surface area contributed by atoms with Gasteiger partial charge in [-0.25, -0.2) is 0 Å². The van der Waals surface area contributed by atoms with Crippen molar-refractivity contribution in [1.82, 2.24) is 10.9 Å². The molecule has 2 amide bonds. The van der Waals surface area contributed by atoms with Crippen LogP contribution in [-0.4, -0.2) is 41.3 Å². The molecule has 12 nitrogen and oxygen atoms in total. The Labute approximate surface area is 234 Å². The predicted molar refractivity (Wildman–Crippen MR) is 149 cm³/mol. The van der Waals surface area contributed by atoms with E-state index < -0.39 is 28.2 Å². The number of benzene rings is 3. The number of nitrogens with zero attached hydrogens (tertiary/aromatic N) is 1. The molecule has 4 rings (SSSR count). The fourth-order valence-corrected chi connectivity index (χ4v) is 4.02. The molecule has 3 aromatic carbocycles. The summed E-state index contributed by atoms with van der Waals surface area (Å²) in [5.74, 6) is -2.30. The molecule has 1 aromatic heterocycles. The number of carbonyl (C=O) groups is 3. The predicted octanol–water partition coefficient (Wildman–Crippen LogP) is 4.64. The van der Waals surface area contributed by atoms with Gasteiger partial charge in [0, 0.05) is 41.6 Å². The second-order valence-corrected chi connectivity index (χ2v) is 8.95. The van der Waals surface area contributed by atoms with Gasteiger partial charge in [-0.3, -0.25) is 35.3 Å². The molecule has 4 aromatic rings. The lowest BCUT2D eigenvalue weighted by molar-refractivity contribution is -0.385. The molecule has 1 unspecified atom stereocenters. The van der Waals surface area contributed by atoms with E-state index in [-0.39, 0.29) is 29.8 Å². The van der Waals surface area contributed by atoms with E-state index in [2.05, 4.69) is 16.2 Å². The molecule has 0 aliphatic heterocycles. The Morgan fingerprint density at radius 1 is 0.951 bits per heavy atom. The molecular weight excluding hydrogens is 532 g/mol. The van der Waals surface area contributed by atoms with Gasteiger partial charge in [0.25, 0.3) is 5.91 Å². The first-order valence-corrected chi connectivity index (χ1v) is 12.3. The molecule has 0 saturated carbocycles. The maximum Gasteiger partial charge on any atom is 0.311 e. The lowest BCUT2D eigenvalue weighted by atomic mass is 10.0. The van der Waals surface area contributed by atoms with Crippen LogP contribution in [0.3, 0.4) is 0 Å². The first-order valence-electron chi connectivity index (χ1n) is 12.3. The Balaban J connectivity index is 1.38. The summed E-state index contributed by atoms with van der Waals surface area (Å²) in [7, 11) is 1.48. The van der Waals surface area contributed by atoms with Gasteiger partial charge in [-0.05, 0) is 48.4 Å². The SMILES string of the molecule is COCC(=O)c1ccc(C(C)Nc2ccc(-c3ccoc3C(=O)NNC(=O)c3ccc(O)c([N+](=O)[O-])c3)cc2)cc1. The molecular formula is C29H26N4O8. The number of amides is 2. The van der Waals surface area contributed by atoms with Crippen LogP contribution in [0.25, 0.3) is 11.1 Å². The van der Waals surface area contributed by atoms with Gasteiger partial charge in [0.1, 0.15) is 6.61 Å². The Morgan fingerprint density at radius 2 is 1.61 bits per heavy atom. The van der Waals surface area contributed by atoms with Gasteiger partial charge in [-0.15, -0.1) is 0 Å². The highest BCUT2D eigenvalue weighted by molar-refractivity contribution is 6.01. The largest absolute Gasteiger partial charge is 0.502 e. The van der Waals surface area contributed by atoms with Gasteiger partial charge in [0.2, 0.25) is 5.76 Å². The normalized spacial score (nSPS) is 11.4. The minimum atomic E-state index is -0.827. The van der Waals surface area contributed by atoms with E-state index in [4.69, 9.17) is 9.15 Å². The molecule has 0 aliphatic rings. The number of hydrazine groups is 1. The number of anilines is 1. The van der Waals surface area contributed by atoms with Crippen LogP contribution in [0, 0.1) is 10.1 Å². The van der Waals surface area contributed by atoms with Crippen LogP contribution in [0.15, 0.2) is 83.5 Å². The maximum absolute atomic E-state index is 12.7. The van der Waals surface area contributed by atoms with Crippen molar-refractivity contribution >= 4 is 29.0 Å². The number of hydrogen-bond donors (Lipinski definition) is 4. The van der Waals surface area contributed by atoms with Crippen molar-refractivity contribution in [1.29, 1.82) is 0 Å². The molecule has 1 heterocycles. The number of Topliss-reactive ketones (excluding diaryl/α,β-unsaturated/α-hetero) is 1. The van der Waals surface area contributed by atoms with Gasteiger partial charge in [-0.1, -0.05) is 36.4 Å². The summed E-state index contributed by atoms with van der Waals surface area (Å²) in [6.45, 7) is 2.02. The first-order chi connectivity index (χ1) is 19.7. The minimum Gasteiger partial charge on any atom is -0.502 e. The third kappa shape index (κ3) is 6.75. The highest BCUT2D eigenvalue weighted by atomic mass is 16.6. The van der Waals surface area contributed by atoms with Crippen LogP contribution < -0.4 is 16.2 Å². The first kappa shape index (κ1) is 28.5. The summed E-state index contributed by atoms with van der Waals surface area (Å²) >= 11 is 0. The van der Waals surface area contributed by atoms with Crippen LogP contribution in [0.1, 0.15) is 49.8 Å².